The fourth-order valence-electron chi connectivity index (χ4n) is 2.05. The number of carbonyl (C=O) groups excluding carboxylic acids is 1. The van der Waals surface area contributed by atoms with Gasteiger partial charge < -0.3 is 9.47 Å². The highest BCUT2D eigenvalue weighted by Crippen LogP contribution is 2.15. The van der Waals surface area contributed by atoms with Gasteiger partial charge in [0.25, 0.3) is 0 Å². The van der Waals surface area contributed by atoms with Gasteiger partial charge in [0, 0.05) is 6.08 Å². The van der Waals surface area contributed by atoms with Gasteiger partial charge in [-0.3, -0.25) is 0 Å². The predicted molar refractivity (Wildman–Crippen MR) is 101 cm³/mol. The normalized spacial score (nSPS) is 11.8. The predicted octanol–water partition coefficient (Wildman–Crippen LogP) is 4.95. The van der Waals surface area contributed by atoms with Crippen LogP contribution in [0, 0.1) is 0 Å². The van der Waals surface area contributed by atoms with Gasteiger partial charge in [0.1, 0.15) is 12.4 Å². The summed E-state index contributed by atoms with van der Waals surface area (Å²) in [5.41, 5.74) is 3.26. The van der Waals surface area contributed by atoms with Crippen LogP contribution < -0.4 is 4.74 Å². The van der Waals surface area contributed by atoms with Gasteiger partial charge in [0.2, 0.25) is 0 Å². The van der Waals surface area contributed by atoms with E-state index in [1.54, 1.807) is 6.08 Å². The first-order valence-electron chi connectivity index (χ1n) is 8.05. The van der Waals surface area contributed by atoms with E-state index in [0.29, 0.717) is 6.61 Å². The van der Waals surface area contributed by atoms with E-state index in [4.69, 9.17) is 4.74 Å². The van der Waals surface area contributed by atoms with Crippen molar-refractivity contribution in [3.63, 3.8) is 0 Å². The van der Waals surface area contributed by atoms with E-state index >= 15 is 0 Å². The molecule has 0 aromatic heterocycles. The zero-order valence-corrected chi connectivity index (χ0v) is 14.5. The molecule has 0 aliphatic rings. The van der Waals surface area contributed by atoms with Gasteiger partial charge >= 0.3 is 5.97 Å². The summed E-state index contributed by atoms with van der Waals surface area (Å²) in [7, 11) is 1.36. The van der Waals surface area contributed by atoms with Crippen LogP contribution in [-0.4, -0.2) is 13.1 Å². The molecular weight excluding hydrogens is 312 g/mol. The summed E-state index contributed by atoms with van der Waals surface area (Å²) in [6.45, 7) is 2.53. The number of rotatable bonds is 7. The molecular formula is C22H22O3. The molecule has 0 aliphatic carbocycles. The Kier molecular flexibility index (Phi) is 7.26. The molecule has 0 saturated heterocycles. The van der Waals surface area contributed by atoms with Crippen molar-refractivity contribution in [2.45, 2.75) is 13.5 Å². The largest absolute Gasteiger partial charge is 0.489 e. The van der Waals surface area contributed by atoms with Crippen molar-refractivity contribution in [1.29, 1.82) is 0 Å². The molecule has 0 bridgehead atoms. The lowest BCUT2D eigenvalue weighted by Crippen LogP contribution is -1.94. The molecule has 0 fully saturated rings. The van der Waals surface area contributed by atoms with E-state index in [2.05, 4.69) is 4.74 Å². The lowest BCUT2D eigenvalue weighted by Gasteiger charge is -2.06. The molecule has 0 atom stereocenters. The van der Waals surface area contributed by atoms with Crippen LogP contribution in [0.3, 0.4) is 0 Å². The Bertz CT molecular complexity index is 754. The fraction of sp³-hybridized carbons (Fsp3) is 0.136. The number of methoxy groups -OCH3 is 1. The molecule has 2 aromatic carbocycles. The van der Waals surface area contributed by atoms with Crippen LogP contribution in [0.1, 0.15) is 18.1 Å². The molecule has 0 spiro atoms. The molecule has 0 heterocycles. The maximum absolute atomic E-state index is 11.0. The molecule has 0 aliphatic heterocycles. The molecule has 0 radical (unpaired) electrons. The Morgan fingerprint density at radius 3 is 2.40 bits per heavy atom. The van der Waals surface area contributed by atoms with E-state index < -0.39 is 0 Å². The minimum Gasteiger partial charge on any atom is -0.489 e. The number of allylic oxidation sites excluding steroid dienone is 4. The maximum atomic E-state index is 11.0. The van der Waals surface area contributed by atoms with E-state index in [1.807, 2.05) is 79.7 Å². The van der Waals surface area contributed by atoms with Gasteiger partial charge in [-0.15, -0.1) is 0 Å². The third-order valence-corrected chi connectivity index (χ3v) is 3.46. The fourth-order valence-corrected chi connectivity index (χ4v) is 2.05. The van der Waals surface area contributed by atoms with Gasteiger partial charge in [-0.05, 0) is 30.2 Å². The van der Waals surface area contributed by atoms with Gasteiger partial charge in [-0.25, -0.2) is 4.79 Å². The lowest BCUT2D eigenvalue weighted by molar-refractivity contribution is -0.134. The Morgan fingerprint density at radius 2 is 1.72 bits per heavy atom. The van der Waals surface area contributed by atoms with Crippen LogP contribution >= 0.6 is 0 Å². The number of carbonyl (C=O) groups is 1. The monoisotopic (exact) mass is 334 g/mol. The summed E-state index contributed by atoms with van der Waals surface area (Å²) >= 11 is 0. The molecule has 128 valence electrons. The Hall–Kier alpha value is -3.07. The highest BCUT2D eigenvalue weighted by Gasteiger charge is 1.95. The smallest absolute Gasteiger partial charge is 0.330 e. The average molecular weight is 334 g/mol. The molecule has 0 unspecified atom stereocenters. The van der Waals surface area contributed by atoms with Crippen LogP contribution in [0.2, 0.25) is 0 Å². The number of hydrogen-bond donors (Lipinski definition) is 0. The average Bonchev–Trinajstić information content (AvgIpc) is 2.66. The SMILES string of the molecule is COC(=O)/C=C/C=C(C)/C=C/c1ccc(OCc2ccccc2)cc1. The van der Waals surface area contributed by atoms with Crippen molar-refractivity contribution >= 4 is 12.0 Å². The summed E-state index contributed by atoms with van der Waals surface area (Å²) < 4.78 is 10.3. The van der Waals surface area contributed by atoms with Crippen molar-refractivity contribution in [1.82, 2.24) is 0 Å². The Labute approximate surface area is 148 Å². The van der Waals surface area contributed by atoms with Crippen molar-refractivity contribution in [3.05, 3.63) is 95.6 Å². The third kappa shape index (κ3) is 6.92. The number of esters is 1. The number of ether oxygens (including phenoxy) is 2. The summed E-state index contributed by atoms with van der Waals surface area (Å²) in [5.74, 6) is 0.480. The molecule has 0 saturated carbocycles. The highest BCUT2D eigenvalue weighted by molar-refractivity contribution is 5.82. The summed E-state index contributed by atoms with van der Waals surface area (Å²) in [6, 6.07) is 18.0. The third-order valence-electron chi connectivity index (χ3n) is 3.46. The second-order valence-corrected chi connectivity index (χ2v) is 5.47. The van der Waals surface area contributed by atoms with Crippen molar-refractivity contribution < 1.29 is 14.3 Å². The van der Waals surface area contributed by atoms with Crippen molar-refractivity contribution in [3.8, 4) is 5.75 Å². The second-order valence-electron chi connectivity index (χ2n) is 5.47. The van der Waals surface area contributed by atoms with Crippen molar-refractivity contribution in [2.75, 3.05) is 7.11 Å². The minimum absolute atomic E-state index is 0.362. The molecule has 0 amide bonds. The first-order valence-corrected chi connectivity index (χ1v) is 8.05. The number of benzene rings is 2. The highest BCUT2D eigenvalue weighted by atomic mass is 16.5. The summed E-state index contributed by atoms with van der Waals surface area (Å²) in [5, 5.41) is 0. The quantitative estimate of drug-likeness (QED) is 0.408. The van der Waals surface area contributed by atoms with Crippen molar-refractivity contribution in [2.24, 2.45) is 0 Å². The standard InChI is InChI=1S/C22H22O3/c1-18(7-6-10-22(23)24-2)11-12-19-13-15-21(16-14-19)25-17-20-8-4-3-5-9-20/h3-16H,17H2,1-2H3/b10-6+,12-11+,18-7+. The second kappa shape index (κ2) is 9.93. The first kappa shape index (κ1) is 18.3. The van der Waals surface area contributed by atoms with Crippen LogP contribution in [0.15, 0.2) is 84.5 Å². The molecule has 25 heavy (non-hydrogen) atoms. The van der Waals surface area contributed by atoms with Gasteiger partial charge in [0.15, 0.2) is 0 Å². The Balaban J connectivity index is 1.88. The van der Waals surface area contributed by atoms with Crippen LogP contribution in [0.25, 0.3) is 6.08 Å². The molecule has 2 rings (SSSR count). The zero-order chi connectivity index (χ0) is 17.9. The van der Waals surface area contributed by atoms with E-state index in [1.165, 1.54) is 13.2 Å². The van der Waals surface area contributed by atoms with E-state index in [0.717, 1.165) is 22.4 Å². The van der Waals surface area contributed by atoms with Crippen LogP contribution in [-0.2, 0) is 16.1 Å². The minimum atomic E-state index is -0.362. The van der Waals surface area contributed by atoms with Crippen LogP contribution in [0.4, 0.5) is 0 Å². The van der Waals surface area contributed by atoms with E-state index in [9.17, 15) is 4.79 Å². The molecule has 3 heteroatoms. The Morgan fingerprint density at radius 1 is 1.00 bits per heavy atom. The molecule has 3 nitrogen and oxygen atoms in total. The molecule has 2 aromatic rings. The summed E-state index contributed by atoms with van der Waals surface area (Å²) in [4.78, 5) is 11.0. The van der Waals surface area contributed by atoms with Gasteiger partial charge in [-0.2, -0.15) is 0 Å². The number of hydrogen-bond acceptors (Lipinski definition) is 3. The van der Waals surface area contributed by atoms with Crippen LogP contribution in [0.5, 0.6) is 5.75 Å². The topological polar surface area (TPSA) is 35.5 Å². The molecule has 0 N–H and O–H groups in total. The van der Waals surface area contributed by atoms with E-state index in [-0.39, 0.29) is 5.97 Å². The first-order chi connectivity index (χ1) is 12.2. The maximum Gasteiger partial charge on any atom is 0.330 e. The summed E-state index contributed by atoms with van der Waals surface area (Å²) in [6.07, 6.45) is 8.91. The lowest BCUT2D eigenvalue weighted by atomic mass is 10.1. The zero-order valence-electron chi connectivity index (χ0n) is 14.5. The van der Waals surface area contributed by atoms with Gasteiger partial charge in [0.05, 0.1) is 7.11 Å². The van der Waals surface area contributed by atoms with Gasteiger partial charge in [-0.1, -0.05) is 72.3 Å².